The average molecular weight is 431 g/mol. The molecular weight excluding hydrogens is 418 g/mol. The number of thiophene rings is 1. The van der Waals surface area contributed by atoms with Crippen LogP contribution >= 0.6 is 11.3 Å². The molecule has 0 radical (unpaired) electrons. The molecule has 31 heavy (non-hydrogen) atoms. The van der Waals surface area contributed by atoms with Gasteiger partial charge in [0.25, 0.3) is 23.6 Å². The van der Waals surface area contributed by atoms with Crippen LogP contribution in [0.4, 0.5) is 5.69 Å². The summed E-state index contributed by atoms with van der Waals surface area (Å²) >= 11 is 1.46. The lowest BCUT2D eigenvalue weighted by Crippen LogP contribution is -2.29. The Morgan fingerprint density at radius 3 is 2.29 bits per heavy atom. The number of hydrogen-bond donors (Lipinski definition) is 0. The van der Waals surface area contributed by atoms with Crippen LogP contribution in [0.2, 0.25) is 0 Å². The number of hydrogen-bond acceptors (Lipinski definition) is 8. The van der Waals surface area contributed by atoms with Crippen LogP contribution in [-0.2, 0) is 11.3 Å². The first-order valence-corrected chi connectivity index (χ1v) is 10.1. The van der Waals surface area contributed by atoms with Crippen LogP contribution in [0.5, 0.6) is 0 Å². The lowest BCUT2D eigenvalue weighted by molar-refractivity contribution is 0.0438. The van der Waals surface area contributed by atoms with E-state index in [1.165, 1.54) is 35.6 Å². The number of carbonyl (C=O) groups is 3. The summed E-state index contributed by atoms with van der Waals surface area (Å²) < 4.78 is 10.7. The predicted octanol–water partition coefficient (Wildman–Crippen LogP) is 3.96. The number of anilines is 1. The van der Waals surface area contributed by atoms with Gasteiger partial charge in [-0.2, -0.15) is 0 Å². The smallest absolute Gasteiger partial charge is 0.338 e. The highest BCUT2D eigenvalue weighted by Crippen LogP contribution is 2.28. The molecule has 0 saturated carbocycles. The van der Waals surface area contributed by atoms with Gasteiger partial charge in [0.05, 0.1) is 27.3 Å². The van der Waals surface area contributed by atoms with Crippen molar-refractivity contribution in [2.45, 2.75) is 6.61 Å². The summed E-state index contributed by atoms with van der Waals surface area (Å²) in [7, 11) is 0. The van der Waals surface area contributed by atoms with E-state index >= 15 is 0 Å². The first kappa shape index (κ1) is 18.9. The summed E-state index contributed by atoms with van der Waals surface area (Å²) in [5, 5.41) is 9.69. The fraction of sp³-hybridized carbons (Fsp3) is 0.0455. The van der Waals surface area contributed by atoms with Gasteiger partial charge in [0, 0.05) is 0 Å². The normalized spacial score (nSPS) is 12.8. The number of carbonyl (C=O) groups excluding carboxylic acids is 3. The molecule has 1 aliphatic rings. The van der Waals surface area contributed by atoms with E-state index in [9.17, 15) is 14.4 Å². The minimum Gasteiger partial charge on any atom is -0.452 e. The monoisotopic (exact) mass is 431 g/mol. The quantitative estimate of drug-likeness (QED) is 0.348. The topological polar surface area (TPSA) is 103 Å². The molecule has 4 aromatic rings. The predicted molar refractivity (Wildman–Crippen MR) is 111 cm³/mol. The maximum absolute atomic E-state index is 12.6. The lowest BCUT2D eigenvalue weighted by Gasteiger charge is -2.14. The number of rotatable bonds is 5. The molecule has 0 atom stereocenters. The summed E-state index contributed by atoms with van der Waals surface area (Å²) in [6.07, 6.45) is 0. The molecule has 5 rings (SSSR count). The molecule has 9 heteroatoms. The average Bonchev–Trinajstić information content (AvgIpc) is 3.54. The number of ether oxygens (including phenoxy) is 1. The van der Waals surface area contributed by atoms with E-state index in [4.69, 9.17) is 9.15 Å². The van der Waals surface area contributed by atoms with E-state index < -0.39 is 17.8 Å². The van der Waals surface area contributed by atoms with Gasteiger partial charge in [0.1, 0.15) is 0 Å². The zero-order valence-electron chi connectivity index (χ0n) is 15.8. The van der Waals surface area contributed by atoms with Crippen LogP contribution in [0.25, 0.3) is 10.8 Å². The maximum Gasteiger partial charge on any atom is 0.338 e. The van der Waals surface area contributed by atoms with Gasteiger partial charge in [-0.15, -0.1) is 21.5 Å². The highest BCUT2D eigenvalue weighted by Gasteiger charge is 2.36. The van der Waals surface area contributed by atoms with Gasteiger partial charge in [0.15, 0.2) is 6.61 Å². The van der Waals surface area contributed by atoms with Crippen molar-refractivity contribution in [3.8, 4) is 10.8 Å². The molecule has 0 N–H and O–H groups in total. The minimum absolute atomic E-state index is 0.169. The third-order valence-corrected chi connectivity index (χ3v) is 5.54. The number of benzene rings is 2. The van der Waals surface area contributed by atoms with Gasteiger partial charge in [-0.25, -0.2) is 9.69 Å². The molecule has 2 aromatic carbocycles. The van der Waals surface area contributed by atoms with E-state index in [1.807, 2.05) is 17.5 Å². The van der Waals surface area contributed by atoms with Crippen molar-refractivity contribution < 1.29 is 23.5 Å². The maximum atomic E-state index is 12.6. The van der Waals surface area contributed by atoms with Gasteiger partial charge in [-0.1, -0.05) is 18.2 Å². The van der Waals surface area contributed by atoms with E-state index in [0.717, 1.165) is 9.78 Å². The SMILES string of the molecule is O=C(OCc1nnc(-c2cccs2)o1)c1ccc(N2C(=O)c3ccccc3C2=O)cc1. The van der Waals surface area contributed by atoms with Crippen LogP contribution in [0.1, 0.15) is 37.0 Å². The van der Waals surface area contributed by atoms with Gasteiger partial charge in [-0.05, 0) is 47.8 Å². The zero-order chi connectivity index (χ0) is 21.4. The second-order valence-electron chi connectivity index (χ2n) is 6.59. The molecule has 0 bridgehead atoms. The Bertz CT molecular complexity index is 1260. The third kappa shape index (κ3) is 3.40. The molecule has 3 heterocycles. The zero-order valence-corrected chi connectivity index (χ0v) is 16.7. The van der Waals surface area contributed by atoms with Gasteiger partial charge >= 0.3 is 5.97 Å². The van der Waals surface area contributed by atoms with Crippen molar-refractivity contribution in [3.63, 3.8) is 0 Å². The number of esters is 1. The van der Waals surface area contributed by atoms with E-state index in [-0.39, 0.29) is 18.1 Å². The van der Waals surface area contributed by atoms with E-state index in [0.29, 0.717) is 22.7 Å². The molecule has 2 amide bonds. The van der Waals surface area contributed by atoms with Crippen LogP contribution in [0, 0.1) is 0 Å². The molecule has 0 unspecified atom stereocenters. The summed E-state index contributed by atoms with van der Waals surface area (Å²) in [6, 6.07) is 16.4. The van der Waals surface area contributed by atoms with Gasteiger partial charge < -0.3 is 9.15 Å². The van der Waals surface area contributed by atoms with Gasteiger partial charge in [-0.3, -0.25) is 9.59 Å². The molecule has 8 nitrogen and oxygen atoms in total. The number of aromatic nitrogens is 2. The second kappa shape index (κ2) is 7.62. The molecular formula is C22H13N3O5S. The number of nitrogens with zero attached hydrogens (tertiary/aromatic N) is 3. The Kier molecular flexibility index (Phi) is 4.64. The van der Waals surface area contributed by atoms with Crippen molar-refractivity contribution in [2.75, 3.05) is 4.90 Å². The molecule has 0 saturated heterocycles. The number of imide groups is 1. The van der Waals surface area contributed by atoms with Crippen LogP contribution < -0.4 is 4.90 Å². The highest BCUT2D eigenvalue weighted by atomic mass is 32.1. The molecule has 0 fully saturated rings. The van der Waals surface area contributed by atoms with Crippen molar-refractivity contribution in [3.05, 3.63) is 88.6 Å². The molecule has 152 valence electrons. The highest BCUT2D eigenvalue weighted by molar-refractivity contribution is 7.13. The molecule has 0 spiro atoms. The number of amides is 2. The molecule has 0 aliphatic carbocycles. The van der Waals surface area contributed by atoms with E-state index in [1.54, 1.807) is 24.3 Å². The van der Waals surface area contributed by atoms with Crippen LogP contribution in [0.15, 0.2) is 70.5 Å². The fourth-order valence-corrected chi connectivity index (χ4v) is 3.84. The van der Waals surface area contributed by atoms with E-state index in [2.05, 4.69) is 10.2 Å². The first-order chi connectivity index (χ1) is 15.1. The first-order valence-electron chi connectivity index (χ1n) is 9.23. The Hall–Kier alpha value is -4.11. The van der Waals surface area contributed by atoms with Crippen molar-refractivity contribution >= 4 is 34.8 Å². The standard InChI is InChI=1S/C22H13N3O5S/c26-20-15-4-1-2-5-16(15)21(27)25(20)14-9-7-13(8-10-14)22(28)29-12-18-23-24-19(30-18)17-6-3-11-31-17/h1-11H,12H2. The fourth-order valence-electron chi connectivity index (χ4n) is 3.19. The Morgan fingerprint density at radius 2 is 1.65 bits per heavy atom. The Balaban J connectivity index is 1.26. The minimum atomic E-state index is -0.593. The van der Waals surface area contributed by atoms with Crippen molar-refractivity contribution in [1.29, 1.82) is 0 Å². The van der Waals surface area contributed by atoms with Crippen molar-refractivity contribution in [2.24, 2.45) is 0 Å². The second-order valence-corrected chi connectivity index (χ2v) is 7.54. The van der Waals surface area contributed by atoms with Crippen LogP contribution in [0.3, 0.4) is 0 Å². The summed E-state index contributed by atoms with van der Waals surface area (Å²) in [4.78, 5) is 39.4. The summed E-state index contributed by atoms with van der Waals surface area (Å²) in [5.41, 5.74) is 1.36. The third-order valence-electron chi connectivity index (χ3n) is 4.68. The summed E-state index contributed by atoms with van der Waals surface area (Å²) in [5.74, 6) is -0.835. The number of fused-ring (bicyclic) bond motifs is 1. The largest absolute Gasteiger partial charge is 0.452 e. The lowest BCUT2D eigenvalue weighted by atomic mass is 10.1. The van der Waals surface area contributed by atoms with Gasteiger partial charge in [0.2, 0.25) is 0 Å². The Morgan fingerprint density at radius 1 is 0.935 bits per heavy atom. The van der Waals surface area contributed by atoms with Crippen LogP contribution in [-0.4, -0.2) is 28.0 Å². The Labute approximate surface area is 179 Å². The molecule has 2 aromatic heterocycles. The molecule has 1 aliphatic heterocycles. The van der Waals surface area contributed by atoms with Crippen molar-refractivity contribution in [1.82, 2.24) is 10.2 Å². The summed E-state index contributed by atoms with van der Waals surface area (Å²) in [6.45, 7) is -0.169.